The molecular weight excluding hydrogens is 440 g/mol. The van der Waals surface area contributed by atoms with Gasteiger partial charge in [0.1, 0.15) is 5.75 Å². The van der Waals surface area contributed by atoms with Crippen molar-refractivity contribution in [1.82, 2.24) is 20.3 Å². The molecular formula is C27H30N6O2. The highest BCUT2D eigenvalue weighted by Gasteiger charge is 2.10. The number of H-pyrrole nitrogens is 1. The second-order valence-corrected chi connectivity index (χ2v) is 8.34. The van der Waals surface area contributed by atoms with Crippen LogP contribution in [-0.2, 0) is 17.6 Å². The number of aromatic amines is 1. The van der Waals surface area contributed by atoms with Crippen molar-refractivity contribution in [2.24, 2.45) is 4.99 Å². The number of hydrogen-bond donors (Lipinski definition) is 3. The van der Waals surface area contributed by atoms with Gasteiger partial charge in [0, 0.05) is 47.5 Å². The lowest BCUT2D eigenvalue weighted by Crippen LogP contribution is -2.37. The molecule has 0 spiro atoms. The van der Waals surface area contributed by atoms with Crippen LogP contribution in [0.15, 0.2) is 65.8 Å². The quantitative estimate of drug-likeness (QED) is 0.262. The average molecular weight is 471 g/mol. The Balaban J connectivity index is 1.46. The predicted octanol–water partition coefficient (Wildman–Crippen LogP) is 4.34. The molecule has 8 heteroatoms. The molecule has 0 aliphatic carbocycles. The van der Waals surface area contributed by atoms with Gasteiger partial charge in [0.05, 0.1) is 7.11 Å². The molecule has 1 amide bonds. The van der Waals surface area contributed by atoms with Crippen LogP contribution in [0.2, 0.25) is 0 Å². The first-order valence-electron chi connectivity index (χ1n) is 11.6. The van der Waals surface area contributed by atoms with Crippen LogP contribution in [0.25, 0.3) is 10.9 Å². The molecule has 2 aromatic carbocycles. The fraction of sp³-hybridized carbons (Fsp3) is 0.259. The Morgan fingerprint density at radius 1 is 1.03 bits per heavy atom. The summed E-state index contributed by atoms with van der Waals surface area (Å²) in [6.45, 7) is 4.29. The molecule has 3 N–H and O–H groups in total. The van der Waals surface area contributed by atoms with Crippen molar-refractivity contribution in [3.05, 3.63) is 83.3 Å². The van der Waals surface area contributed by atoms with Crippen LogP contribution in [0.4, 0.5) is 5.95 Å². The largest absolute Gasteiger partial charge is 0.497 e. The summed E-state index contributed by atoms with van der Waals surface area (Å²) in [7, 11) is 1.65. The van der Waals surface area contributed by atoms with Crippen LogP contribution < -0.4 is 15.4 Å². The third-order valence-corrected chi connectivity index (χ3v) is 5.58. The number of nitrogens with one attached hydrogen (secondary N) is 3. The second kappa shape index (κ2) is 11.3. The molecule has 4 aromatic rings. The molecule has 2 aromatic heterocycles. The van der Waals surface area contributed by atoms with Crippen molar-refractivity contribution in [3.63, 3.8) is 0 Å². The number of fused-ring (bicyclic) bond motifs is 1. The standard InChI is InChI=1S/C27H30N6O2/c1-18-15-19(2)31-27(30-18)33-26(32-25(34)12-9-20-7-5-4-6-8-20)28-14-13-21-17-29-24-16-22(35-3)10-11-23(21)24/h4-8,10-11,15-17,29H,9,12-14H2,1-3H3,(H2,28,30,31,32,33,34). The number of carbonyl (C=O) groups is 1. The Kier molecular flexibility index (Phi) is 7.72. The van der Waals surface area contributed by atoms with E-state index in [1.54, 1.807) is 7.11 Å². The smallest absolute Gasteiger partial charge is 0.229 e. The molecule has 0 bridgehead atoms. The first-order chi connectivity index (χ1) is 17.0. The van der Waals surface area contributed by atoms with E-state index in [-0.39, 0.29) is 5.91 Å². The number of aryl methyl sites for hydroxylation is 3. The lowest BCUT2D eigenvalue weighted by Gasteiger charge is -2.12. The Hall–Kier alpha value is -4.20. The van der Waals surface area contributed by atoms with E-state index in [1.807, 2.05) is 74.6 Å². The molecule has 0 saturated heterocycles. The van der Waals surface area contributed by atoms with E-state index < -0.39 is 0 Å². The molecule has 8 nitrogen and oxygen atoms in total. The zero-order valence-electron chi connectivity index (χ0n) is 20.3. The topological polar surface area (TPSA) is 104 Å². The van der Waals surface area contributed by atoms with Gasteiger partial charge in [-0.1, -0.05) is 30.3 Å². The highest BCUT2D eigenvalue weighted by Crippen LogP contribution is 2.23. The first kappa shape index (κ1) is 23.9. The molecule has 0 aliphatic heterocycles. The molecule has 0 saturated carbocycles. The number of carbonyl (C=O) groups excluding carboxylic acids is 1. The van der Waals surface area contributed by atoms with Crippen molar-refractivity contribution in [3.8, 4) is 5.75 Å². The van der Waals surface area contributed by atoms with Gasteiger partial charge in [-0.05, 0) is 56.0 Å². The van der Waals surface area contributed by atoms with Gasteiger partial charge in [-0.3, -0.25) is 20.4 Å². The number of guanidine groups is 1. The Labute approximate surface area is 204 Å². The fourth-order valence-corrected chi connectivity index (χ4v) is 3.88. The van der Waals surface area contributed by atoms with E-state index in [1.165, 1.54) is 0 Å². The number of rotatable bonds is 8. The number of ether oxygens (including phenoxy) is 1. The maximum Gasteiger partial charge on any atom is 0.229 e. The minimum Gasteiger partial charge on any atom is -0.497 e. The van der Waals surface area contributed by atoms with Gasteiger partial charge < -0.3 is 9.72 Å². The van der Waals surface area contributed by atoms with Gasteiger partial charge >= 0.3 is 0 Å². The second-order valence-electron chi connectivity index (χ2n) is 8.34. The van der Waals surface area contributed by atoms with Gasteiger partial charge in [0.2, 0.25) is 17.8 Å². The number of hydrogen-bond acceptors (Lipinski definition) is 5. The molecule has 0 atom stereocenters. The molecule has 4 rings (SSSR count). The summed E-state index contributed by atoms with van der Waals surface area (Å²) in [4.78, 5) is 29.5. The van der Waals surface area contributed by atoms with E-state index in [0.29, 0.717) is 37.7 Å². The summed E-state index contributed by atoms with van der Waals surface area (Å²) in [5, 5.41) is 7.12. The zero-order chi connectivity index (χ0) is 24.6. The molecule has 0 radical (unpaired) electrons. The van der Waals surface area contributed by atoms with E-state index in [4.69, 9.17) is 4.74 Å². The number of benzene rings is 2. The molecule has 180 valence electrons. The summed E-state index contributed by atoms with van der Waals surface area (Å²) in [6, 6.07) is 17.8. The highest BCUT2D eigenvalue weighted by molar-refractivity contribution is 6.03. The molecule has 0 unspecified atom stereocenters. The molecule has 35 heavy (non-hydrogen) atoms. The average Bonchev–Trinajstić information content (AvgIpc) is 3.25. The van der Waals surface area contributed by atoms with Gasteiger partial charge in [-0.25, -0.2) is 9.97 Å². The van der Waals surface area contributed by atoms with E-state index in [9.17, 15) is 4.79 Å². The van der Waals surface area contributed by atoms with Gasteiger partial charge in [-0.15, -0.1) is 0 Å². The van der Waals surface area contributed by atoms with Gasteiger partial charge in [0.15, 0.2) is 0 Å². The van der Waals surface area contributed by atoms with Crippen LogP contribution >= 0.6 is 0 Å². The minimum absolute atomic E-state index is 0.122. The predicted molar refractivity (Wildman–Crippen MR) is 139 cm³/mol. The highest BCUT2D eigenvalue weighted by atomic mass is 16.5. The van der Waals surface area contributed by atoms with Crippen LogP contribution in [0.1, 0.15) is 28.9 Å². The fourth-order valence-electron chi connectivity index (χ4n) is 3.88. The third kappa shape index (κ3) is 6.66. The molecule has 0 fully saturated rings. The summed E-state index contributed by atoms with van der Waals surface area (Å²) in [5.41, 5.74) is 4.94. The normalized spacial score (nSPS) is 11.5. The maximum atomic E-state index is 12.7. The van der Waals surface area contributed by atoms with Gasteiger partial charge in [0.25, 0.3) is 0 Å². The number of aromatic nitrogens is 3. The zero-order valence-corrected chi connectivity index (χ0v) is 20.3. The Morgan fingerprint density at radius 3 is 2.54 bits per heavy atom. The molecule has 0 aliphatic rings. The summed E-state index contributed by atoms with van der Waals surface area (Å²) in [5.74, 6) is 1.43. The van der Waals surface area contributed by atoms with Crippen molar-refractivity contribution in [2.75, 3.05) is 19.0 Å². The van der Waals surface area contributed by atoms with E-state index in [2.05, 4.69) is 30.6 Å². The number of aliphatic imine (C=N–C) groups is 1. The van der Waals surface area contributed by atoms with Crippen LogP contribution in [0, 0.1) is 13.8 Å². The van der Waals surface area contributed by atoms with Gasteiger partial charge in [-0.2, -0.15) is 0 Å². The van der Waals surface area contributed by atoms with Crippen LogP contribution in [-0.4, -0.2) is 40.5 Å². The third-order valence-electron chi connectivity index (χ3n) is 5.58. The molecule has 2 heterocycles. The summed E-state index contributed by atoms with van der Waals surface area (Å²) < 4.78 is 5.30. The van der Waals surface area contributed by atoms with E-state index in [0.717, 1.165) is 39.2 Å². The number of nitrogens with zero attached hydrogens (tertiary/aromatic N) is 3. The lowest BCUT2D eigenvalue weighted by molar-refractivity contribution is -0.119. The van der Waals surface area contributed by atoms with E-state index >= 15 is 0 Å². The van der Waals surface area contributed by atoms with Crippen LogP contribution in [0.5, 0.6) is 5.75 Å². The van der Waals surface area contributed by atoms with Crippen molar-refractivity contribution >= 4 is 28.7 Å². The maximum absolute atomic E-state index is 12.7. The Bertz CT molecular complexity index is 1310. The van der Waals surface area contributed by atoms with Crippen molar-refractivity contribution < 1.29 is 9.53 Å². The van der Waals surface area contributed by atoms with Crippen molar-refractivity contribution in [2.45, 2.75) is 33.1 Å². The number of anilines is 1. The number of methoxy groups -OCH3 is 1. The van der Waals surface area contributed by atoms with Crippen molar-refractivity contribution in [1.29, 1.82) is 0 Å². The lowest BCUT2D eigenvalue weighted by atomic mass is 10.1. The summed E-state index contributed by atoms with van der Waals surface area (Å²) in [6.07, 6.45) is 3.69. The number of amides is 1. The SMILES string of the molecule is COc1ccc2c(CCN=C(NC(=O)CCc3ccccc3)Nc3nc(C)cc(C)n3)c[nH]c2c1. The Morgan fingerprint density at radius 2 is 1.80 bits per heavy atom. The minimum atomic E-state index is -0.122. The summed E-state index contributed by atoms with van der Waals surface area (Å²) >= 11 is 0. The van der Waals surface area contributed by atoms with Crippen LogP contribution in [0.3, 0.4) is 0 Å². The monoisotopic (exact) mass is 470 g/mol. The first-order valence-corrected chi connectivity index (χ1v) is 11.6.